The number of fused-ring (bicyclic) bond motifs is 3. The molecule has 0 atom stereocenters. The predicted octanol–water partition coefficient (Wildman–Crippen LogP) is 2.17. The van der Waals surface area contributed by atoms with Crippen molar-refractivity contribution in [3.63, 3.8) is 0 Å². The van der Waals surface area contributed by atoms with Crippen LogP contribution in [0.2, 0.25) is 5.15 Å². The maximum Gasteiger partial charge on any atom is 0.176 e. The Kier molecular flexibility index (Phi) is 2.24. The molecule has 0 spiro atoms. The van der Waals surface area contributed by atoms with E-state index < -0.39 is 0 Å². The van der Waals surface area contributed by atoms with Gasteiger partial charge in [0.2, 0.25) is 0 Å². The molecule has 0 bridgehead atoms. The van der Waals surface area contributed by atoms with Crippen LogP contribution in [0.15, 0.2) is 6.20 Å². The molecule has 0 N–H and O–H groups in total. The van der Waals surface area contributed by atoms with Gasteiger partial charge < -0.3 is 4.90 Å². The molecule has 2 aromatic rings. The van der Waals surface area contributed by atoms with Crippen LogP contribution in [0.3, 0.4) is 0 Å². The average molecular weight is 274 g/mol. The van der Waals surface area contributed by atoms with Crippen molar-refractivity contribution in [2.45, 2.75) is 31.7 Å². The van der Waals surface area contributed by atoms with E-state index in [4.69, 9.17) is 16.9 Å². The smallest absolute Gasteiger partial charge is 0.176 e. The summed E-state index contributed by atoms with van der Waals surface area (Å²) >= 11 is 6.28. The average Bonchev–Trinajstić information content (AvgIpc) is 2.91. The van der Waals surface area contributed by atoms with E-state index >= 15 is 0 Å². The highest BCUT2D eigenvalue weighted by atomic mass is 35.5. The summed E-state index contributed by atoms with van der Waals surface area (Å²) in [6.07, 6.45) is 6.23. The normalized spacial score (nSPS) is 18.4. The van der Waals surface area contributed by atoms with Crippen molar-refractivity contribution in [3.8, 4) is 6.07 Å². The minimum Gasteiger partial charge on any atom is -0.353 e. The van der Waals surface area contributed by atoms with Crippen molar-refractivity contribution in [2.75, 3.05) is 11.4 Å². The first-order valence-corrected chi connectivity index (χ1v) is 6.90. The van der Waals surface area contributed by atoms with Gasteiger partial charge in [-0.15, -0.1) is 0 Å². The third kappa shape index (κ3) is 1.41. The molecule has 6 heteroatoms. The van der Waals surface area contributed by atoms with Crippen LogP contribution >= 0.6 is 11.6 Å². The largest absolute Gasteiger partial charge is 0.353 e. The Morgan fingerprint density at radius 1 is 1.42 bits per heavy atom. The zero-order valence-corrected chi connectivity index (χ0v) is 11.1. The van der Waals surface area contributed by atoms with E-state index in [2.05, 4.69) is 21.1 Å². The van der Waals surface area contributed by atoms with Crippen LogP contribution in [0.4, 0.5) is 5.82 Å². The Hall–Kier alpha value is -1.80. The molecule has 0 unspecified atom stereocenters. The molecule has 0 saturated heterocycles. The van der Waals surface area contributed by atoms with E-state index in [9.17, 15) is 0 Å². The van der Waals surface area contributed by atoms with Crippen LogP contribution < -0.4 is 4.90 Å². The van der Waals surface area contributed by atoms with Crippen molar-refractivity contribution >= 4 is 23.1 Å². The summed E-state index contributed by atoms with van der Waals surface area (Å²) in [5.74, 6) is 1.04. The monoisotopic (exact) mass is 273 g/mol. The Balaban J connectivity index is 1.97. The molecule has 0 amide bonds. The molecule has 1 saturated carbocycles. The molecule has 1 aliphatic carbocycles. The Labute approximate surface area is 115 Å². The molecule has 96 valence electrons. The highest BCUT2D eigenvalue weighted by molar-refractivity contribution is 6.30. The van der Waals surface area contributed by atoms with Gasteiger partial charge in [-0.3, -0.25) is 0 Å². The first-order valence-electron chi connectivity index (χ1n) is 6.52. The summed E-state index contributed by atoms with van der Waals surface area (Å²) in [5, 5.41) is 13.9. The van der Waals surface area contributed by atoms with Crippen molar-refractivity contribution in [3.05, 3.63) is 22.5 Å². The van der Waals surface area contributed by atoms with Crippen LogP contribution in [0.25, 0.3) is 5.65 Å². The third-order valence-electron chi connectivity index (χ3n) is 4.18. The Bertz CT molecular complexity index is 710. The van der Waals surface area contributed by atoms with E-state index in [1.54, 1.807) is 10.7 Å². The number of rotatable bonds is 1. The van der Waals surface area contributed by atoms with Gasteiger partial charge in [0.25, 0.3) is 0 Å². The Morgan fingerprint density at radius 3 is 2.95 bits per heavy atom. The lowest BCUT2D eigenvalue weighted by atomic mass is 9.92. The van der Waals surface area contributed by atoms with Crippen LogP contribution in [0, 0.1) is 11.3 Å². The lowest BCUT2D eigenvalue weighted by Gasteiger charge is -2.36. The molecule has 1 fully saturated rings. The fraction of sp³-hybridized carbons (Fsp3) is 0.462. The van der Waals surface area contributed by atoms with Gasteiger partial charge in [0, 0.05) is 18.2 Å². The highest BCUT2D eigenvalue weighted by Gasteiger charge is 2.34. The molecule has 5 nitrogen and oxygen atoms in total. The second-order valence-electron chi connectivity index (χ2n) is 5.14. The molecule has 1 aliphatic heterocycles. The predicted molar refractivity (Wildman–Crippen MR) is 71.4 cm³/mol. The molecule has 2 aliphatic rings. The zero-order valence-electron chi connectivity index (χ0n) is 10.3. The van der Waals surface area contributed by atoms with Crippen molar-refractivity contribution < 1.29 is 0 Å². The fourth-order valence-corrected chi connectivity index (χ4v) is 3.23. The molecule has 19 heavy (non-hydrogen) atoms. The number of halogens is 1. The number of nitriles is 1. The van der Waals surface area contributed by atoms with Gasteiger partial charge in [-0.1, -0.05) is 11.6 Å². The lowest BCUT2D eigenvalue weighted by molar-refractivity contribution is 0.389. The van der Waals surface area contributed by atoms with Gasteiger partial charge in [-0.2, -0.15) is 14.9 Å². The lowest BCUT2D eigenvalue weighted by Crippen LogP contribution is -2.39. The van der Waals surface area contributed by atoms with E-state index in [0.717, 1.165) is 24.3 Å². The fourth-order valence-electron chi connectivity index (χ4n) is 2.97. The second kappa shape index (κ2) is 3.84. The Morgan fingerprint density at radius 2 is 2.26 bits per heavy atom. The molecule has 3 heterocycles. The third-order valence-corrected chi connectivity index (χ3v) is 4.49. The highest BCUT2D eigenvalue weighted by Crippen LogP contribution is 2.38. The number of hydrogen-bond donors (Lipinski definition) is 0. The molecule has 2 aromatic heterocycles. The van der Waals surface area contributed by atoms with E-state index in [1.807, 2.05) is 0 Å². The van der Waals surface area contributed by atoms with Gasteiger partial charge in [-0.05, 0) is 25.7 Å². The maximum absolute atomic E-state index is 9.10. The van der Waals surface area contributed by atoms with E-state index in [1.165, 1.54) is 19.3 Å². The summed E-state index contributed by atoms with van der Waals surface area (Å²) in [6, 6.07) is 2.71. The van der Waals surface area contributed by atoms with Crippen molar-refractivity contribution in [1.82, 2.24) is 14.6 Å². The SMILES string of the molecule is N#Cc1cnn2c3c(c(Cl)nc12)CCN3C1CCC1. The standard InChI is InChI=1S/C13H12ClN5/c14-11-10-4-5-18(9-2-1-3-9)13(10)19-12(17-11)8(6-15)7-16-19/h7,9H,1-5H2. The van der Waals surface area contributed by atoms with E-state index in [-0.39, 0.29) is 0 Å². The zero-order chi connectivity index (χ0) is 13.0. The number of anilines is 1. The first kappa shape index (κ1) is 11.1. The van der Waals surface area contributed by atoms with Crippen LogP contribution in [-0.4, -0.2) is 27.2 Å². The summed E-state index contributed by atoms with van der Waals surface area (Å²) < 4.78 is 1.78. The molecule has 0 radical (unpaired) electrons. The second-order valence-corrected chi connectivity index (χ2v) is 5.50. The summed E-state index contributed by atoms with van der Waals surface area (Å²) in [6.45, 7) is 0.974. The van der Waals surface area contributed by atoms with Crippen LogP contribution in [-0.2, 0) is 6.42 Å². The van der Waals surface area contributed by atoms with Gasteiger partial charge in [0.1, 0.15) is 22.6 Å². The molecular weight excluding hydrogens is 262 g/mol. The van der Waals surface area contributed by atoms with Crippen LogP contribution in [0.5, 0.6) is 0 Å². The topological polar surface area (TPSA) is 57.2 Å². The van der Waals surface area contributed by atoms with Gasteiger partial charge >= 0.3 is 0 Å². The summed E-state index contributed by atoms with van der Waals surface area (Å²) in [7, 11) is 0. The van der Waals surface area contributed by atoms with Crippen LogP contribution in [0.1, 0.15) is 30.4 Å². The summed E-state index contributed by atoms with van der Waals surface area (Å²) in [4.78, 5) is 6.71. The van der Waals surface area contributed by atoms with E-state index in [0.29, 0.717) is 22.4 Å². The molecular formula is C13H12ClN5. The summed E-state index contributed by atoms with van der Waals surface area (Å²) in [5.41, 5.74) is 2.11. The molecule has 0 aromatic carbocycles. The van der Waals surface area contributed by atoms with Crippen molar-refractivity contribution in [1.29, 1.82) is 5.26 Å². The van der Waals surface area contributed by atoms with Gasteiger partial charge in [-0.25, -0.2) is 4.98 Å². The van der Waals surface area contributed by atoms with Gasteiger partial charge in [0.05, 0.1) is 6.20 Å². The van der Waals surface area contributed by atoms with Crippen molar-refractivity contribution in [2.24, 2.45) is 0 Å². The first-order chi connectivity index (χ1) is 9.29. The number of aromatic nitrogens is 3. The maximum atomic E-state index is 9.10. The minimum absolute atomic E-state index is 0.477. The minimum atomic E-state index is 0.477. The number of nitrogens with zero attached hydrogens (tertiary/aromatic N) is 5. The number of hydrogen-bond acceptors (Lipinski definition) is 4. The van der Waals surface area contributed by atoms with Gasteiger partial charge in [0.15, 0.2) is 5.65 Å². The quantitative estimate of drug-likeness (QED) is 0.747. The molecule has 4 rings (SSSR count).